The second kappa shape index (κ2) is 6.19. The topological polar surface area (TPSA) is 64.8 Å². The number of hydrogen-bond acceptors (Lipinski definition) is 4. The predicted octanol–water partition coefficient (Wildman–Crippen LogP) is 0.552. The fourth-order valence-corrected chi connectivity index (χ4v) is 2.61. The first-order chi connectivity index (χ1) is 8.01. The van der Waals surface area contributed by atoms with Crippen molar-refractivity contribution in [3.8, 4) is 0 Å². The Kier molecular flexibility index (Phi) is 5.40. The van der Waals surface area contributed by atoms with E-state index in [1.807, 2.05) is 18.7 Å². The molecule has 2 aliphatic rings. The molecular weight excluding hydrogens is 256 g/mol. The molecule has 0 aliphatic carbocycles. The fourth-order valence-electron chi connectivity index (χ4n) is 2.61. The smallest absolute Gasteiger partial charge is 0.243 e. The van der Waals surface area contributed by atoms with E-state index < -0.39 is 5.54 Å². The molecule has 2 aliphatic heterocycles. The molecule has 0 unspecified atom stereocenters. The third-order valence-electron chi connectivity index (χ3n) is 3.52. The lowest BCUT2D eigenvalue weighted by atomic mass is 9.89. The van der Waals surface area contributed by atoms with Crippen LogP contribution in [0.3, 0.4) is 0 Å². The molecule has 0 saturated carbocycles. The Labute approximate surface area is 114 Å². The molecule has 0 radical (unpaired) electrons. The van der Waals surface area contributed by atoms with Crippen molar-refractivity contribution in [2.24, 2.45) is 5.73 Å². The van der Waals surface area contributed by atoms with E-state index >= 15 is 0 Å². The average Bonchev–Trinajstić information content (AvgIpc) is 2.27. The summed E-state index contributed by atoms with van der Waals surface area (Å²) >= 11 is 0. The van der Waals surface area contributed by atoms with Gasteiger partial charge in [-0.15, -0.1) is 12.4 Å². The number of nitrogens with zero attached hydrogens (tertiary/aromatic N) is 1. The van der Waals surface area contributed by atoms with Crippen LogP contribution >= 0.6 is 12.4 Å². The van der Waals surface area contributed by atoms with Crippen molar-refractivity contribution in [2.45, 2.75) is 44.4 Å². The van der Waals surface area contributed by atoms with E-state index in [0.717, 1.165) is 0 Å². The van der Waals surface area contributed by atoms with E-state index in [0.29, 0.717) is 39.1 Å². The lowest BCUT2D eigenvalue weighted by Crippen LogP contribution is -2.61. The van der Waals surface area contributed by atoms with Crippen molar-refractivity contribution < 1.29 is 14.3 Å². The van der Waals surface area contributed by atoms with Crippen LogP contribution < -0.4 is 5.73 Å². The highest BCUT2D eigenvalue weighted by Crippen LogP contribution is 2.22. The third kappa shape index (κ3) is 3.35. The molecule has 5 nitrogen and oxygen atoms in total. The molecule has 2 atom stereocenters. The van der Waals surface area contributed by atoms with Gasteiger partial charge in [-0.1, -0.05) is 0 Å². The van der Waals surface area contributed by atoms with E-state index in [1.54, 1.807) is 0 Å². The van der Waals surface area contributed by atoms with Gasteiger partial charge in [0.15, 0.2) is 0 Å². The van der Waals surface area contributed by atoms with Crippen LogP contribution in [0.25, 0.3) is 0 Å². The van der Waals surface area contributed by atoms with E-state index in [2.05, 4.69) is 0 Å². The van der Waals surface area contributed by atoms with Gasteiger partial charge in [0, 0.05) is 26.3 Å². The Balaban J connectivity index is 0.00000162. The van der Waals surface area contributed by atoms with Gasteiger partial charge in [-0.25, -0.2) is 0 Å². The Morgan fingerprint density at radius 3 is 2.22 bits per heavy atom. The third-order valence-corrected chi connectivity index (χ3v) is 3.52. The summed E-state index contributed by atoms with van der Waals surface area (Å²) in [6, 6.07) is 0. The van der Waals surface area contributed by atoms with Crippen molar-refractivity contribution >= 4 is 18.3 Å². The Hall–Kier alpha value is -0.360. The zero-order valence-electron chi connectivity index (χ0n) is 11.1. The van der Waals surface area contributed by atoms with Crippen LogP contribution in [0.5, 0.6) is 0 Å². The second-order valence-electron chi connectivity index (χ2n) is 5.24. The van der Waals surface area contributed by atoms with Crippen molar-refractivity contribution in [2.75, 3.05) is 26.3 Å². The van der Waals surface area contributed by atoms with E-state index in [4.69, 9.17) is 15.2 Å². The van der Waals surface area contributed by atoms with Gasteiger partial charge in [-0.3, -0.25) is 4.79 Å². The van der Waals surface area contributed by atoms with Gasteiger partial charge in [0.05, 0.1) is 17.7 Å². The number of rotatable bonds is 1. The first-order valence-corrected chi connectivity index (χ1v) is 6.33. The number of ether oxygens (including phenoxy) is 2. The lowest BCUT2D eigenvalue weighted by molar-refractivity contribution is -0.152. The number of amides is 1. The van der Waals surface area contributed by atoms with Gasteiger partial charge >= 0.3 is 0 Å². The zero-order valence-corrected chi connectivity index (χ0v) is 11.9. The minimum atomic E-state index is -0.727. The van der Waals surface area contributed by atoms with Crippen LogP contribution in [0.2, 0.25) is 0 Å². The maximum atomic E-state index is 12.5. The SMILES string of the molecule is C[C@@H]1CN(C(=O)C2(N)CCOCC2)C[C@H](C)O1.Cl. The molecule has 0 aromatic carbocycles. The molecule has 0 spiro atoms. The molecule has 1 amide bonds. The normalized spacial score (nSPS) is 31.6. The summed E-state index contributed by atoms with van der Waals surface area (Å²) in [5, 5.41) is 0. The summed E-state index contributed by atoms with van der Waals surface area (Å²) in [5.74, 6) is 0.0581. The molecule has 2 fully saturated rings. The number of carbonyl (C=O) groups is 1. The average molecular weight is 279 g/mol. The zero-order chi connectivity index (χ0) is 12.5. The van der Waals surface area contributed by atoms with Crippen molar-refractivity contribution in [3.63, 3.8) is 0 Å². The number of nitrogens with two attached hydrogens (primary N) is 1. The van der Waals surface area contributed by atoms with E-state index in [1.165, 1.54) is 0 Å². The molecule has 6 heteroatoms. The summed E-state index contributed by atoms with van der Waals surface area (Å²) in [6.07, 6.45) is 1.41. The minimum absolute atomic E-state index is 0. The first kappa shape index (κ1) is 15.7. The minimum Gasteiger partial charge on any atom is -0.381 e. The Bertz CT molecular complexity index is 285. The van der Waals surface area contributed by atoms with Crippen LogP contribution in [0, 0.1) is 0 Å². The summed E-state index contributed by atoms with van der Waals surface area (Å²) in [7, 11) is 0. The summed E-state index contributed by atoms with van der Waals surface area (Å²) in [6.45, 7) is 6.42. The van der Waals surface area contributed by atoms with Gasteiger partial charge in [-0.2, -0.15) is 0 Å². The number of halogens is 1. The molecular formula is C12H23ClN2O3. The van der Waals surface area contributed by atoms with Crippen LogP contribution in [0.4, 0.5) is 0 Å². The van der Waals surface area contributed by atoms with Crippen LogP contribution in [0.1, 0.15) is 26.7 Å². The van der Waals surface area contributed by atoms with Crippen LogP contribution in [-0.2, 0) is 14.3 Å². The Morgan fingerprint density at radius 1 is 1.22 bits per heavy atom. The maximum absolute atomic E-state index is 12.5. The largest absolute Gasteiger partial charge is 0.381 e. The summed E-state index contributed by atoms with van der Waals surface area (Å²) in [4.78, 5) is 14.3. The monoisotopic (exact) mass is 278 g/mol. The van der Waals surface area contributed by atoms with Crippen LogP contribution in [0.15, 0.2) is 0 Å². The number of hydrogen-bond donors (Lipinski definition) is 1. The highest BCUT2D eigenvalue weighted by Gasteiger charge is 2.40. The van der Waals surface area contributed by atoms with E-state index in [9.17, 15) is 4.79 Å². The molecule has 0 aromatic rings. The highest BCUT2D eigenvalue weighted by atomic mass is 35.5. The lowest BCUT2D eigenvalue weighted by Gasteiger charge is -2.41. The van der Waals surface area contributed by atoms with Gasteiger partial charge in [-0.05, 0) is 26.7 Å². The van der Waals surface area contributed by atoms with E-state index in [-0.39, 0.29) is 30.5 Å². The fraction of sp³-hybridized carbons (Fsp3) is 0.917. The molecule has 2 rings (SSSR count). The predicted molar refractivity (Wildman–Crippen MR) is 70.8 cm³/mol. The van der Waals surface area contributed by atoms with Crippen molar-refractivity contribution in [1.82, 2.24) is 4.90 Å². The summed E-state index contributed by atoms with van der Waals surface area (Å²) < 4.78 is 10.9. The van der Waals surface area contributed by atoms with Crippen molar-refractivity contribution in [1.29, 1.82) is 0 Å². The molecule has 106 valence electrons. The number of carbonyl (C=O) groups excluding carboxylic acids is 1. The molecule has 0 aromatic heterocycles. The van der Waals surface area contributed by atoms with Gasteiger partial charge < -0.3 is 20.1 Å². The van der Waals surface area contributed by atoms with Gasteiger partial charge in [0.2, 0.25) is 5.91 Å². The summed E-state index contributed by atoms with van der Waals surface area (Å²) in [5.41, 5.74) is 5.49. The number of morpholine rings is 1. The second-order valence-corrected chi connectivity index (χ2v) is 5.24. The first-order valence-electron chi connectivity index (χ1n) is 6.33. The molecule has 2 N–H and O–H groups in total. The standard InChI is InChI=1S/C12H22N2O3.ClH/c1-9-7-14(8-10(2)17-9)11(15)12(13)3-5-16-6-4-12;/h9-10H,3-8,13H2,1-2H3;1H/t9-,10+;. The van der Waals surface area contributed by atoms with Gasteiger partial charge in [0.25, 0.3) is 0 Å². The Morgan fingerprint density at radius 2 is 1.72 bits per heavy atom. The molecule has 18 heavy (non-hydrogen) atoms. The van der Waals surface area contributed by atoms with Gasteiger partial charge in [0.1, 0.15) is 0 Å². The molecule has 2 saturated heterocycles. The van der Waals surface area contributed by atoms with Crippen molar-refractivity contribution in [3.05, 3.63) is 0 Å². The van der Waals surface area contributed by atoms with Crippen LogP contribution in [-0.4, -0.2) is 54.9 Å². The molecule has 0 bridgehead atoms. The quantitative estimate of drug-likeness (QED) is 0.761. The highest BCUT2D eigenvalue weighted by molar-refractivity contribution is 5.86. The molecule has 2 heterocycles. The maximum Gasteiger partial charge on any atom is 0.243 e.